The molecule has 0 radical (unpaired) electrons. The van der Waals surface area contributed by atoms with Crippen molar-refractivity contribution >= 4 is 21.9 Å². The molecule has 0 aliphatic heterocycles. The number of para-hydroxylation sites is 3. The van der Waals surface area contributed by atoms with Crippen LogP contribution in [0.25, 0.3) is 50.0 Å². The molecule has 0 aliphatic rings. The number of hydrogen-bond donors (Lipinski definition) is 1. The Morgan fingerprint density at radius 1 is 0.729 bits per heavy atom. The number of aromatic hydroxyl groups is 1. The van der Waals surface area contributed by atoms with E-state index in [1.807, 2.05) is 41.1 Å². The molecule has 0 saturated heterocycles. The van der Waals surface area contributed by atoms with Crippen LogP contribution in [0.2, 0.25) is 0 Å². The number of rotatable bonds is 7. The van der Waals surface area contributed by atoms with E-state index in [1.54, 1.807) is 6.07 Å². The number of benzene rings is 4. The topological polar surface area (TPSA) is 50.9 Å². The van der Waals surface area contributed by atoms with Gasteiger partial charge in [-0.2, -0.15) is 0 Å². The van der Waals surface area contributed by atoms with Gasteiger partial charge < -0.3 is 5.11 Å². The van der Waals surface area contributed by atoms with Crippen LogP contribution in [-0.4, -0.2) is 19.6 Å². The maximum atomic E-state index is 10.8. The van der Waals surface area contributed by atoms with Crippen LogP contribution in [0.15, 0.2) is 115 Å². The molecule has 4 aromatic carbocycles. The number of phenolic OH excluding ortho intramolecular Hbond substituents is 1. The van der Waals surface area contributed by atoms with Crippen LogP contribution < -0.4 is 0 Å². The van der Waals surface area contributed by atoms with Gasteiger partial charge in [0.1, 0.15) is 11.4 Å². The Hall–Kier alpha value is -4.53. The van der Waals surface area contributed by atoms with Crippen LogP contribution in [-0.2, 0) is 26.5 Å². The first kappa shape index (κ1) is 33.4. The minimum Gasteiger partial charge on any atom is -0.506 e. The average Bonchev–Trinajstić information content (AvgIpc) is 3.41. The third-order valence-corrected chi connectivity index (χ3v) is 9.45. The molecule has 0 bridgehead atoms. The van der Waals surface area contributed by atoms with Crippen molar-refractivity contribution in [3.63, 3.8) is 0 Å². The van der Waals surface area contributed by atoms with Crippen LogP contribution in [0.1, 0.15) is 75.8 Å². The predicted molar refractivity (Wildman–Crippen MR) is 194 cm³/mol. The Balaban J connectivity index is 0.00000401. The van der Waals surface area contributed by atoms with Gasteiger partial charge in [-0.15, -0.1) is 35.4 Å². The SMILES string of the molecule is CC(C)c1cccc(C(C)C)c1-c1ccnc(C(C)(C)c2[c-]c(-c3ccc4c5ccccc5n(-c5ccccc5O)c4n3)ccc2)c1.[Pt]. The third-order valence-electron chi connectivity index (χ3n) is 9.45. The maximum Gasteiger partial charge on any atom is 0.139 e. The van der Waals surface area contributed by atoms with E-state index < -0.39 is 5.41 Å². The van der Waals surface area contributed by atoms with Crippen LogP contribution in [0.3, 0.4) is 0 Å². The first-order valence-corrected chi connectivity index (χ1v) is 16.5. The fourth-order valence-electron chi connectivity index (χ4n) is 6.82. The Morgan fingerprint density at radius 3 is 2.15 bits per heavy atom. The Bertz CT molecular complexity index is 2240. The summed E-state index contributed by atoms with van der Waals surface area (Å²) < 4.78 is 2.05. The van der Waals surface area contributed by atoms with E-state index in [0.717, 1.165) is 44.5 Å². The van der Waals surface area contributed by atoms with Crippen molar-refractivity contribution in [1.29, 1.82) is 0 Å². The summed E-state index contributed by atoms with van der Waals surface area (Å²) in [5.41, 5.74) is 11.1. The van der Waals surface area contributed by atoms with Crippen molar-refractivity contribution in [2.24, 2.45) is 0 Å². The molecule has 0 fully saturated rings. The summed E-state index contributed by atoms with van der Waals surface area (Å²) in [5, 5.41) is 13.0. The number of fused-ring (bicyclic) bond motifs is 3. The van der Waals surface area contributed by atoms with Gasteiger partial charge in [0.25, 0.3) is 0 Å². The van der Waals surface area contributed by atoms with Gasteiger partial charge in [0.15, 0.2) is 0 Å². The summed E-state index contributed by atoms with van der Waals surface area (Å²) in [5.74, 6) is 1.03. The maximum absolute atomic E-state index is 10.8. The van der Waals surface area contributed by atoms with Crippen LogP contribution in [0, 0.1) is 6.07 Å². The van der Waals surface area contributed by atoms with Gasteiger partial charge in [-0.1, -0.05) is 102 Å². The Morgan fingerprint density at radius 2 is 1.42 bits per heavy atom. The zero-order chi connectivity index (χ0) is 32.9. The summed E-state index contributed by atoms with van der Waals surface area (Å²) in [6.07, 6.45) is 1.95. The second kappa shape index (κ2) is 13.2. The first-order chi connectivity index (χ1) is 22.6. The number of phenols is 1. The van der Waals surface area contributed by atoms with E-state index in [4.69, 9.17) is 9.97 Å². The summed E-state index contributed by atoms with van der Waals surface area (Å²) >= 11 is 0. The Kier molecular flexibility index (Phi) is 9.16. The molecule has 0 unspecified atom stereocenters. The monoisotopic (exact) mass is 809 g/mol. The van der Waals surface area contributed by atoms with Gasteiger partial charge in [-0.05, 0) is 70.1 Å². The minimum atomic E-state index is -0.411. The number of pyridine rings is 2. The van der Waals surface area contributed by atoms with Crippen LogP contribution >= 0.6 is 0 Å². The second-order valence-electron chi connectivity index (χ2n) is 13.6. The molecular weight excluding hydrogens is 770 g/mol. The van der Waals surface area contributed by atoms with E-state index >= 15 is 0 Å². The van der Waals surface area contributed by atoms with Crippen molar-refractivity contribution < 1.29 is 26.2 Å². The molecular formula is C43H40N3OPt-. The molecule has 5 heteroatoms. The van der Waals surface area contributed by atoms with Gasteiger partial charge in [-0.25, -0.2) is 0 Å². The summed E-state index contributed by atoms with van der Waals surface area (Å²) in [7, 11) is 0. The molecule has 0 spiro atoms. The minimum absolute atomic E-state index is 0. The number of aromatic nitrogens is 3. The summed E-state index contributed by atoms with van der Waals surface area (Å²) in [6, 6.07) is 41.0. The molecule has 0 amide bonds. The smallest absolute Gasteiger partial charge is 0.139 e. The molecule has 48 heavy (non-hydrogen) atoms. The van der Waals surface area contributed by atoms with Gasteiger partial charge in [0, 0.05) is 49.1 Å². The van der Waals surface area contributed by atoms with Crippen molar-refractivity contribution in [1.82, 2.24) is 14.5 Å². The molecule has 7 aromatic rings. The van der Waals surface area contributed by atoms with E-state index in [1.165, 1.54) is 22.3 Å². The van der Waals surface area contributed by atoms with Gasteiger partial charge >= 0.3 is 0 Å². The fraction of sp³-hybridized carbons (Fsp3) is 0.209. The molecule has 244 valence electrons. The number of hydrogen-bond acceptors (Lipinski definition) is 3. The Labute approximate surface area is 297 Å². The molecule has 3 heterocycles. The zero-order valence-electron chi connectivity index (χ0n) is 28.2. The third kappa shape index (κ3) is 5.77. The fourth-order valence-corrected chi connectivity index (χ4v) is 6.82. The van der Waals surface area contributed by atoms with Crippen LogP contribution in [0.5, 0.6) is 5.75 Å². The van der Waals surface area contributed by atoms with Gasteiger partial charge in [0.05, 0.1) is 11.2 Å². The van der Waals surface area contributed by atoms with Crippen molar-refractivity contribution in [3.05, 3.63) is 144 Å². The van der Waals surface area contributed by atoms with Crippen molar-refractivity contribution in [2.75, 3.05) is 0 Å². The molecule has 7 rings (SSSR count). The molecule has 0 atom stereocenters. The molecule has 0 aliphatic carbocycles. The van der Waals surface area contributed by atoms with E-state index in [9.17, 15) is 5.11 Å². The largest absolute Gasteiger partial charge is 0.506 e. The van der Waals surface area contributed by atoms with Crippen LogP contribution in [0.4, 0.5) is 0 Å². The van der Waals surface area contributed by atoms with Gasteiger partial charge in [0.2, 0.25) is 0 Å². The normalized spacial score (nSPS) is 11.8. The average molecular weight is 810 g/mol. The molecule has 3 aromatic heterocycles. The van der Waals surface area contributed by atoms with Crippen molar-refractivity contribution in [3.8, 4) is 33.8 Å². The van der Waals surface area contributed by atoms with E-state index in [-0.39, 0.29) is 26.8 Å². The summed E-state index contributed by atoms with van der Waals surface area (Å²) in [4.78, 5) is 10.1. The quantitative estimate of drug-likeness (QED) is 0.163. The zero-order valence-corrected chi connectivity index (χ0v) is 30.5. The predicted octanol–water partition coefficient (Wildman–Crippen LogP) is 11.0. The first-order valence-electron chi connectivity index (χ1n) is 16.5. The van der Waals surface area contributed by atoms with E-state index in [0.29, 0.717) is 17.5 Å². The standard InChI is InChI=1S/C43H40N3O.Pt/c1-27(2)32-16-12-17-33(28(3)4)41(32)30-23-24-44-40(26-30)43(5,6)31-14-11-13-29(25-31)36-22-21-35-34-15-7-8-18-37(34)46(42(35)45-36)38-19-9-10-20-39(38)47;/h7-24,26-28,47H,1-6H3;/q-1;. The van der Waals surface area contributed by atoms with E-state index in [2.05, 4.69) is 120 Å². The van der Waals surface area contributed by atoms with Crippen molar-refractivity contribution in [2.45, 2.75) is 58.8 Å². The number of nitrogens with zero attached hydrogens (tertiary/aromatic N) is 3. The molecule has 0 saturated carbocycles. The molecule has 4 nitrogen and oxygen atoms in total. The second-order valence-corrected chi connectivity index (χ2v) is 13.6. The molecule has 1 N–H and O–H groups in total. The van der Waals surface area contributed by atoms with Gasteiger partial charge in [-0.3, -0.25) is 14.5 Å². The summed E-state index contributed by atoms with van der Waals surface area (Å²) in [6.45, 7) is 13.5.